The summed E-state index contributed by atoms with van der Waals surface area (Å²) in [4.78, 5) is 11.0. The molecule has 0 saturated heterocycles. The number of furan rings is 1. The standard InChI is InChI=1S/C14H21NO3/c1-2-12(13-7-4-8-18-13)15-11-6-3-5-10(9-11)14(16)17/h4,7-8,10-12,15H,2-3,5-6,9H2,1H3,(H,16,17). The Kier molecular flexibility index (Phi) is 4.42. The molecule has 1 saturated carbocycles. The first-order valence-electron chi connectivity index (χ1n) is 6.73. The summed E-state index contributed by atoms with van der Waals surface area (Å²) in [5.74, 6) is 0.0906. The summed E-state index contributed by atoms with van der Waals surface area (Å²) in [6, 6.07) is 4.34. The fraction of sp³-hybridized carbons (Fsp3) is 0.643. The van der Waals surface area contributed by atoms with Gasteiger partial charge in [0.25, 0.3) is 0 Å². The maximum atomic E-state index is 11.0. The van der Waals surface area contributed by atoms with Crippen LogP contribution < -0.4 is 5.32 Å². The molecule has 1 aliphatic rings. The third-order valence-electron chi connectivity index (χ3n) is 3.76. The van der Waals surface area contributed by atoms with Crippen molar-refractivity contribution in [1.82, 2.24) is 5.32 Å². The van der Waals surface area contributed by atoms with Gasteiger partial charge in [0.1, 0.15) is 5.76 Å². The molecule has 0 bridgehead atoms. The van der Waals surface area contributed by atoms with Crippen LogP contribution in [0.5, 0.6) is 0 Å². The summed E-state index contributed by atoms with van der Waals surface area (Å²) >= 11 is 0. The maximum Gasteiger partial charge on any atom is 0.306 e. The fourth-order valence-corrected chi connectivity index (χ4v) is 2.74. The predicted molar refractivity (Wildman–Crippen MR) is 68.3 cm³/mol. The van der Waals surface area contributed by atoms with E-state index in [1.165, 1.54) is 0 Å². The van der Waals surface area contributed by atoms with Crippen LogP contribution in [0.15, 0.2) is 22.8 Å². The largest absolute Gasteiger partial charge is 0.481 e. The lowest BCUT2D eigenvalue weighted by Crippen LogP contribution is -2.38. The van der Waals surface area contributed by atoms with Crippen molar-refractivity contribution in [3.05, 3.63) is 24.2 Å². The molecule has 1 aliphatic carbocycles. The average molecular weight is 251 g/mol. The number of carbonyl (C=O) groups is 1. The van der Waals surface area contributed by atoms with E-state index in [1.54, 1.807) is 6.26 Å². The van der Waals surface area contributed by atoms with Gasteiger partial charge in [-0.05, 0) is 37.8 Å². The third kappa shape index (κ3) is 3.13. The topological polar surface area (TPSA) is 62.5 Å². The van der Waals surface area contributed by atoms with Gasteiger partial charge in [0.05, 0.1) is 18.2 Å². The van der Waals surface area contributed by atoms with Crippen LogP contribution in [0.1, 0.15) is 50.8 Å². The molecular formula is C14H21NO3. The number of nitrogens with one attached hydrogen (secondary N) is 1. The Bertz CT molecular complexity index is 374. The second-order valence-corrected chi connectivity index (χ2v) is 5.04. The van der Waals surface area contributed by atoms with Gasteiger partial charge in [-0.2, -0.15) is 0 Å². The van der Waals surface area contributed by atoms with Gasteiger partial charge in [-0.15, -0.1) is 0 Å². The van der Waals surface area contributed by atoms with E-state index in [4.69, 9.17) is 9.52 Å². The van der Waals surface area contributed by atoms with Gasteiger partial charge < -0.3 is 14.8 Å². The lowest BCUT2D eigenvalue weighted by molar-refractivity contribution is -0.143. The van der Waals surface area contributed by atoms with Crippen molar-refractivity contribution >= 4 is 5.97 Å². The van der Waals surface area contributed by atoms with Crippen LogP contribution in [0, 0.1) is 5.92 Å². The molecule has 1 aromatic heterocycles. The van der Waals surface area contributed by atoms with Crippen molar-refractivity contribution in [3.8, 4) is 0 Å². The second-order valence-electron chi connectivity index (χ2n) is 5.04. The summed E-state index contributed by atoms with van der Waals surface area (Å²) in [6.45, 7) is 2.11. The fourth-order valence-electron chi connectivity index (χ4n) is 2.74. The zero-order valence-corrected chi connectivity index (χ0v) is 10.8. The molecular weight excluding hydrogens is 230 g/mol. The SMILES string of the molecule is CCC(NC1CCCC(C(=O)O)C1)c1ccco1. The highest BCUT2D eigenvalue weighted by Crippen LogP contribution is 2.27. The van der Waals surface area contributed by atoms with E-state index in [-0.39, 0.29) is 18.0 Å². The van der Waals surface area contributed by atoms with Crippen molar-refractivity contribution in [2.75, 3.05) is 0 Å². The summed E-state index contributed by atoms with van der Waals surface area (Å²) < 4.78 is 5.42. The van der Waals surface area contributed by atoms with Crippen LogP contribution in [0.4, 0.5) is 0 Å². The van der Waals surface area contributed by atoms with Crippen molar-refractivity contribution in [2.24, 2.45) is 5.92 Å². The number of aliphatic carboxylic acids is 1. The van der Waals surface area contributed by atoms with Crippen LogP contribution >= 0.6 is 0 Å². The highest BCUT2D eigenvalue weighted by atomic mass is 16.4. The first-order chi connectivity index (χ1) is 8.70. The Labute approximate surface area is 107 Å². The Balaban J connectivity index is 1.93. The minimum Gasteiger partial charge on any atom is -0.481 e. The number of carboxylic acids is 1. The van der Waals surface area contributed by atoms with Crippen molar-refractivity contribution < 1.29 is 14.3 Å². The molecule has 0 aliphatic heterocycles. The predicted octanol–water partition coefficient (Wildman–Crippen LogP) is 2.96. The molecule has 4 heteroatoms. The average Bonchev–Trinajstić information content (AvgIpc) is 2.90. The molecule has 1 aromatic rings. The molecule has 0 aromatic carbocycles. The summed E-state index contributed by atoms with van der Waals surface area (Å²) in [5, 5.41) is 12.6. The zero-order valence-electron chi connectivity index (χ0n) is 10.8. The lowest BCUT2D eigenvalue weighted by Gasteiger charge is -2.30. The number of rotatable bonds is 5. The molecule has 1 heterocycles. The molecule has 4 nitrogen and oxygen atoms in total. The van der Waals surface area contributed by atoms with Gasteiger partial charge in [-0.3, -0.25) is 4.79 Å². The van der Waals surface area contributed by atoms with Gasteiger partial charge >= 0.3 is 5.97 Å². The normalized spacial score (nSPS) is 25.8. The van der Waals surface area contributed by atoms with E-state index in [0.29, 0.717) is 0 Å². The van der Waals surface area contributed by atoms with Crippen LogP contribution in [0.2, 0.25) is 0 Å². The van der Waals surface area contributed by atoms with Crippen LogP contribution in [0.3, 0.4) is 0 Å². The van der Waals surface area contributed by atoms with Crippen molar-refractivity contribution in [3.63, 3.8) is 0 Å². The lowest BCUT2D eigenvalue weighted by atomic mass is 9.85. The van der Waals surface area contributed by atoms with E-state index in [1.807, 2.05) is 12.1 Å². The van der Waals surface area contributed by atoms with E-state index < -0.39 is 5.97 Å². The number of hydrogen-bond acceptors (Lipinski definition) is 3. The van der Waals surface area contributed by atoms with Gasteiger partial charge in [-0.1, -0.05) is 13.3 Å². The first kappa shape index (κ1) is 13.1. The summed E-state index contributed by atoms with van der Waals surface area (Å²) in [7, 11) is 0. The molecule has 2 N–H and O–H groups in total. The van der Waals surface area contributed by atoms with Gasteiger partial charge in [0.15, 0.2) is 0 Å². The van der Waals surface area contributed by atoms with Crippen LogP contribution in [0.25, 0.3) is 0 Å². The van der Waals surface area contributed by atoms with Crippen molar-refractivity contribution in [2.45, 2.75) is 51.1 Å². The molecule has 0 amide bonds. The second kappa shape index (κ2) is 6.05. The molecule has 0 spiro atoms. The van der Waals surface area contributed by atoms with E-state index in [9.17, 15) is 4.79 Å². The third-order valence-corrected chi connectivity index (χ3v) is 3.76. The van der Waals surface area contributed by atoms with Crippen LogP contribution in [-0.2, 0) is 4.79 Å². The Morgan fingerprint density at radius 1 is 1.61 bits per heavy atom. The van der Waals surface area contributed by atoms with E-state index in [2.05, 4.69) is 12.2 Å². The quantitative estimate of drug-likeness (QED) is 0.844. The van der Waals surface area contributed by atoms with E-state index >= 15 is 0 Å². The Morgan fingerprint density at radius 3 is 3.06 bits per heavy atom. The van der Waals surface area contributed by atoms with E-state index in [0.717, 1.165) is 37.9 Å². The molecule has 0 radical (unpaired) electrons. The highest BCUT2D eigenvalue weighted by Gasteiger charge is 2.28. The van der Waals surface area contributed by atoms with Gasteiger partial charge in [0, 0.05) is 6.04 Å². The summed E-state index contributed by atoms with van der Waals surface area (Å²) in [6.07, 6.45) is 6.21. The van der Waals surface area contributed by atoms with Gasteiger partial charge in [-0.25, -0.2) is 0 Å². The minimum absolute atomic E-state index is 0.189. The molecule has 3 unspecified atom stereocenters. The molecule has 3 atom stereocenters. The summed E-state index contributed by atoms with van der Waals surface area (Å²) in [5.41, 5.74) is 0. The molecule has 1 fully saturated rings. The van der Waals surface area contributed by atoms with Gasteiger partial charge in [0.2, 0.25) is 0 Å². The monoisotopic (exact) mass is 251 g/mol. The smallest absolute Gasteiger partial charge is 0.306 e. The Morgan fingerprint density at radius 2 is 2.44 bits per heavy atom. The number of carboxylic acid groups (broad SMARTS) is 1. The first-order valence-corrected chi connectivity index (χ1v) is 6.73. The zero-order chi connectivity index (χ0) is 13.0. The Hall–Kier alpha value is -1.29. The minimum atomic E-state index is -0.660. The molecule has 18 heavy (non-hydrogen) atoms. The number of hydrogen-bond donors (Lipinski definition) is 2. The van der Waals surface area contributed by atoms with Crippen molar-refractivity contribution in [1.29, 1.82) is 0 Å². The van der Waals surface area contributed by atoms with Crippen LogP contribution in [-0.4, -0.2) is 17.1 Å². The molecule has 2 rings (SSSR count). The molecule has 100 valence electrons. The highest BCUT2D eigenvalue weighted by molar-refractivity contribution is 5.70. The maximum absolute atomic E-state index is 11.0.